The third kappa shape index (κ3) is 4.29. The third-order valence-corrected chi connectivity index (χ3v) is 6.35. The molecular formula is C22H30ClNO4. The predicted molar refractivity (Wildman–Crippen MR) is 109 cm³/mol. The van der Waals surface area contributed by atoms with Crippen molar-refractivity contribution in [2.75, 3.05) is 6.54 Å². The molecule has 2 atom stereocenters. The van der Waals surface area contributed by atoms with Crippen molar-refractivity contribution < 1.29 is 19.4 Å². The summed E-state index contributed by atoms with van der Waals surface area (Å²) in [7, 11) is 0. The molecule has 5 nitrogen and oxygen atoms in total. The van der Waals surface area contributed by atoms with Gasteiger partial charge in [0.1, 0.15) is 11.5 Å². The van der Waals surface area contributed by atoms with Gasteiger partial charge in [0.15, 0.2) is 0 Å². The Kier molecular flexibility index (Phi) is 5.95. The fourth-order valence-corrected chi connectivity index (χ4v) is 5.08. The Morgan fingerprint density at radius 1 is 1.14 bits per heavy atom. The van der Waals surface area contributed by atoms with E-state index in [1.807, 2.05) is 20.8 Å². The van der Waals surface area contributed by atoms with E-state index in [0.717, 1.165) is 32.1 Å². The number of amides is 1. The molecule has 0 bridgehead atoms. The molecule has 1 aromatic carbocycles. The molecule has 1 saturated carbocycles. The summed E-state index contributed by atoms with van der Waals surface area (Å²) in [6.07, 6.45) is 5.63. The molecule has 1 aliphatic heterocycles. The van der Waals surface area contributed by atoms with Gasteiger partial charge in [0.2, 0.25) is 0 Å². The van der Waals surface area contributed by atoms with Crippen molar-refractivity contribution in [1.82, 2.24) is 4.90 Å². The molecule has 1 saturated heterocycles. The Morgan fingerprint density at radius 2 is 1.75 bits per heavy atom. The molecule has 28 heavy (non-hydrogen) atoms. The molecule has 0 aromatic heterocycles. The van der Waals surface area contributed by atoms with Gasteiger partial charge in [-0.1, -0.05) is 43.0 Å². The van der Waals surface area contributed by atoms with Gasteiger partial charge in [-0.3, -0.25) is 4.79 Å². The van der Waals surface area contributed by atoms with Gasteiger partial charge >= 0.3 is 12.1 Å². The van der Waals surface area contributed by atoms with Crippen molar-refractivity contribution in [3.05, 3.63) is 34.9 Å². The van der Waals surface area contributed by atoms with Crippen molar-refractivity contribution in [1.29, 1.82) is 0 Å². The minimum Gasteiger partial charge on any atom is -0.481 e. The number of hydrogen-bond acceptors (Lipinski definition) is 3. The van der Waals surface area contributed by atoms with E-state index in [1.54, 1.807) is 29.2 Å². The van der Waals surface area contributed by atoms with Crippen LogP contribution in [0.4, 0.5) is 4.79 Å². The third-order valence-electron chi connectivity index (χ3n) is 6.10. The molecule has 3 rings (SSSR count). The molecule has 1 unspecified atom stereocenters. The molecule has 0 radical (unpaired) electrons. The van der Waals surface area contributed by atoms with Crippen LogP contribution in [-0.2, 0) is 9.53 Å². The van der Waals surface area contributed by atoms with Gasteiger partial charge in [-0.05, 0) is 63.1 Å². The van der Waals surface area contributed by atoms with Crippen LogP contribution in [-0.4, -0.2) is 40.3 Å². The number of halogens is 1. The minimum atomic E-state index is -0.910. The fraction of sp³-hybridized carbons (Fsp3) is 0.636. The number of hydrogen-bond donors (Lipinski definition) is 1. The molecule has 2 aliphatic rings. The van der Waals surface area contributed by atoms with Gasteiger partial charge < -0.3 is 14.7 Å². The monoisotopic (exact) mass is 407 g/mol. The van der Waals surface area contributed by atoms with E-state index < -0.39 is 29.6 Å². The van der Waals surface area contributed by atoms with Crippen LogP contribution in [0.2, 0.25) is 5.02 Å². The van der Waals surface area contributed by atoms with Crippen molar-refractivity contribution in [3.63, 3.8) is 0 Å². The molecule has 6 heteroatoms. The summed E-state index contributed by atoms with van der Waals surface area (Å²) >= 11 is 6.02. The van der Waals surface area contributed by atoms with E-state index in [2.05, 4.69) is 0 Å². The summed E-state index contributed by atoms with van der Waals surface area (Å²) in [6.45, 7) is 6.04. The first kappa shape index (κ1) is 21.0. The van der Waals surface area contributed by atoms with E-state index in [0.29, 0.717) is 17.1 Å². The lowest BCUT2D eigenvalue weighted by molar-refractivity contribution is -0.141. The Balaban J connectivity index is 2.02. The smallest absolute Gasteiger partial charge is 0.410 e. The molecule has 154 valence electrons. The SMILES string of the molecule is CC(C)(C)OC(=O)N1CCC2(CCCCC2)[C@H]1C(C(=O)O)c1ccc(Cl)cc1. The van der Waals surface area contributed by atoms with Gasteiger partial charge in [0, 0.05) is 11.6 Å². The van der Waals surface area contributed by atoms with Crippen LogP contribution < -0.4 is 0 Å². The zero-order chi connectivity index (χ0) is 20.5. The molecule has 1 aromatic rings. The van der Waals surface area contributed by atoms with E-state index in [1.165, 1.54) is 6.42 Å². The number of carbonyl (C=O) groups is 2. The average Bonchev–Trinajstić information content (AvgIpc) is 2.94. The average molecular weight is 408 g/mol. The van der Waals surface area contributed by atoms with Crippen LogP contribution in [0.3, 0.4) is 0 Å². The van der Waals surface area contributed by atoms with Crippen LogP contribution in [0.25, 0.3) is 0 Å². The van der Waals surface area contributed by atoms with Crippen molar-refractivity contribution >= 4 is 23.7 Å². The maximum absolute atomic E-state index is 13.0. The number of ether oxygens (including phenoxy) is 1. The van der Waals surface area contributed by atoms with Crippen LogP contribution in [0.1, 0.15) is 70.8 Å². The molecular weight excluding hydrogens is 378 g/mol. The summed E-state index contributed by atoms with van der Waals surface area (Å²) < 4.78 is 5.64. The number of carboxylic acid groups (broad SMARTS) is 1. The number of aliphatic carboxylic acids is 1. The van der Waals surface area contributed by atoms with Gasteiger partial charge in [0.05, 0.1) is 6.04 Å². The number of carboxylic acids is 1. The quantitative estimate of drug-likeness (QED) is 0.721. The molecule has 1 amide bonds. The lowest BCUT2D eigenvalue weighted by Gasteiger charge is -2.43. The van der Waals surface area contributed by atoms with Crippen LogP contribution in [0.15, 0.2) is 24.3 Å². The summed E-state index contributed by atoms with van der Waals surface area (Å²) in [5, 5.41) is 10.8. The maximum Gasteiger partial charge on any atom is 0.410 e. The largest absolute Gasteiger partial charge is 0.481 e. The first-order valence-electron chi connectivity index (χ1n) is 10.1. The van der Waals surface area contributed by atoms with Gasteiger partial charge in [-0.2, -0.15) is 0 Å². The van der Waals surface area contributed by atoms with Gasteiger partial charge in [-0.25, -0.2) is 4.79 Å². The topological polar surface area (TPSA) is 66.8 Å². The van der Waals surface area contributed by atoms with E-state index in [4.69, 9.17) is 16.3 Å². The molecule has 1 heterocycles. The summed E-state index contributed by atoms with van der Waals surface area (Å²) in [5.41, 5.74) is -0.108. The first-order chi connectivity index (χ1) is 13.1. The van der Waals surface area contributed by atoms with E-state index in [9.17, 15) is 14.7 Å². The molecule has 1 aliphatic carbocycles. The van der Waals surface area contributed by atoms with Crippen molar-refractivity contribution in [3.8, 4) is 0 Å². The number of benzene rings is 1. The van der Waals surface area contributed by atoms with Crippen molar-refractivity contribution in [2.45, 2.75) is 76.9 Å². The standard InChI is InChI=1S/C22H30ClNO4/c1-21(2,3)28-20(27)24-14-13-22(11-5-4-6-12-22)18(24)17(19(25)26)15-7-9-16(23)10-8-15/h7-10,17-18H,4-6,11-14H2,1-3H3,(H,25,26)/t17?,18-/m1/s1. The van der Waals surface area contributed by atoms with E-state index >= 15 is 0 Å². The fourth-order valence-electron chi connectivity index (χ4n) is 4.95. The molecule has 2 fully saturated rings. The van der Waals surface area contributed by atoms with Gasteiger partial charge in [-0.15, -0.1) is 0 Å². The summed E-state index contributed by atoms with van der Waals surface area (Å²) in [5.74, 6) is -1.71. The first-order valence-corrected chi connectivity index (χ1v) is 10.5. The summed E-state index contributed by atoms with van der Waals surface area (Å²) in [4.78, 5) is 27.1. The highest BCUT2D eigenvalue weighted by atomic mass is 35.5. The number of likely N-dealkylation sites (tertiary alicyclic amines) is 1. The number of carbonyl (C=O) groups excluding carboxylic acids is 1. The minimum absolute atomic E-state index is 0.169. The molecule has 1 spiro atoms. The Bertz CT molecular complexity index is 719. The highest BCUT2D eigenvalue weighted by Gasteiger charge is 2.55. The highest BCUT2D eigenvalue weighted by Crippen LogP contribution is 2.53. The van der Waals surface area contributed by atoms with Crippen LogP contribution >= 0.6 is 11.6 Å². The van der Waals surface area contributed by atoms with Crippen LogP contribution in [0, 0.1) is 5.41 Å². The number of rotatable bonds is 3. The molecule has 1 N–H and O–H groups in total. The second-order valence-corrected chi connectivity index (χ2v) is 9.60. The lowest BCUT2D eigenvalue weighted by Crippen LogP contribution is -2.50. The second-order valence-electron chi connectivity index (χ2n) is 9.16. The van der Waals surface area contributed by atoms with Crippen molar-refractivity contribution in [2.24, 2.45) is 5.41 Å². The lowest BCUT2D eigenvalue weighted by atomic mass is 9.65. The van der Waals surface area contributed by atoms with Gasteiger partial charge in [0.25, 0.3) is 0 Å². The zero-order valence-electron chi connectivity index (χ0n) is 16.9. The maximum atomic E-state index is 13.0. The Morgan fingerprint density at radius 3 is 2.29 bits per heavy atom. The second kappa shape index (κ2) is 7.94. The number of nitrogens with zero attached hydrogens (tertiary/aromatic N) is 1. The zero-order valence-corrected chi connectivity index (χ0v) is 17.7. The normalized spacial score (nSPS) is 22.9. The van der Waals surface area contributed by atoms with Crippen LogP contribution in [0.5, 0.6) is 0 Å². The van der Waals surface area contributed by atoms with E-state index in [-0.39, 0.29) is 5.41 Å². The summed E-state index contributed by atoms with van der Waals surface area (Å²) in [6, 6.07) is 6.55. The predicted octanol–water partition coefficient (Wildman–Crippen LogP) is 5.47. The Hall–Kier alpha value is -1.75. The highest BCUT2D eigenvalue weighted by molar-refractivity contribution is 6.30. The Labute approximate surface area is 172 Å².